The van der Waals surface area contributed by atoms with E-state index in [2.05, 4.69) is 5.43 Å². The third-order valence-corrected chi connectivity index (χ3v) is 3.41. The third kappa shape index (κ3) is 13.9. The number of unbranched alkanes of at least 4 members (excludes halogenated alkanes) is 2. The van der Waals surface area contributed by atoms with E-state index in [4.69, 9.17) is 10.2 Å². The lowest BCUT2D eigenvalue weighted by Gasteiger charge is -2.25. The van der Waals surface area contributed by atoms with E-state index in [0.29, 0.717) is 38.8 Å². The van der Waals surface area contributed by atoms with Crippen molar-refractivity contribution >= 4 is 23.8 Å². The first-order valence-corrected chi connectivity index (χ1v) is 8.40. The average molecular weight is 359 g/mol. The summed E-state index contributed by atoms with van der Waals surface area (Å²) in [4.78, 5) is 46.9. The smallest absolute Gasteiger partial charge is 0.303 e. The number of hydrogen-bond acceptors (Lipinski definition) is 5. The highest BCUT2D eigenvalue weighted by atomic mass is 16.4. The molecule has 0 rings (SSSR count). The number of nitrogens with one attached hydrogen (secondary N) is 1. The predicted molar refractivity (Wildman–Crippen MR) is 90.6 cm³/mol. The number of hydrazine groups is 1. The van der Waals surface area contributed by atoms with Gasteiger partial charge in [0, 0.05) is 32.2 Å². The summed E-state index contributed by atoms with van der Waals surface area (Å²) in [5.41, 5.74) is 2.56. The average Bonchev–Trinajstić information content (AvgIpc) is 2.51. The molecule has 0 radical (unpaired) electrons. The van der Waals surface area contributed by atoms with Crippen LogP contribution in [0, 0.1) is 0 Å². The molecule has 0 saturated carbocycles. The van der Waals surface area contributed by atoms with Crippen molar-refractivity contribution in [3.8, 4) is 0 Å². The topological polar surface area (TPSA) is 127 Å². The fraction of sp³-hybridized carbons (Fsp3) is 0.750. The molecule has 0 unspecified atom stereocenters. The maximum Gasteiger partial charge on any atom is 0.303 e. The standard InChI is InChI=1S/C16H29N3O6/c1-18(2)11-12-19(14(21)8-4-6-10-16(24)25)17-13(20)7-3-5-9-15(22)23/h3-12H2,1-2H3,(H,17,20)(H,22,23)(H,24,25). The molecule has 3 N–H and O–H groups in total. The SMILES string of the molecule is CN(C)CCN(NC(=O)CCCCC(=O)O)C(=O)CCCCC(=O)O. The Labute approximate surface area is 147 Å². The van der Waals surface area contributed by atoms with Gasteiger partial charge >= 0.3 is 11.9 Å². The lowest BCUT2D eigenvalue weighted by molar-refractivity contribution is -0.142. The third-order valence-electron chi connectivity index (χ3n) is 3.41. The Bertz CT molecular complexity index is 453. The highest BCUT2D eigenvalue weighted by Crippen LogP contribution is 2.04. The van der Waals surface area contributed by atoms with Gasteiger partial charge in [-0.25, -0.2) is 0 Å². The van der Waals surface area contributed by atoms with Crippen molar-refractivity contribution < 1.29 is 29.4 Å². The Morgan fingerprint density at radius 1 is 0.760 bits per heavy atom. The van der Waals surface area contributed by atoms with Crippen molar-refractivity contribution in [3.05, 3.63) is 0 Å². The number of aliphatic carboxylic acids is 2. The molecule has 2 amide bonds. The minimum Gasteiger partial charge on any atom is -0.481 e. The van der Waals surface area contributed by atoms with Crippen LogP contribution in [0.4, 0.5) is 0 Å². The number of rotatable bonds is 13. The van der Waals surface area contributed by atoms with Crippen LogP contribution in [0.15, 0.2) is 0 Å². The number of carbonyl (C=O) groups is 4. The van der Waals surface area contributed by atoms with Crippen LogP contribution in [0.2, 0.25) is 0 Å². The molecule has 0 aromatic carbocycles. The molecule has 0 heterocycles. The van der Waals surface area contributed by atoms with Crippen LogP contribution in [0.3, 0.4) is 0 Å². The van der Waals surface area contributed by atoms with Gasteiger partial charge in [-0.05, 0) is 39.8 Å². The fourth-order valence-corrected chi connectivity index (χ4v) is 2.00. The van der Waals surface area contributed by atoms with Crippen molar-refractivity contribution in [2.24, 2.45) is 0 Å². The van der Waals surface area contributed by atoms with Crippen LogP contribution >= 0.6 is 0 Å². The van der Waals surface area contributed by atoms with E-state index in [-0.39, 0.29) is 37.5 Å². The quantitative estimate of drug-likeness (QED) is 0.326. The molecule has 0 spiro atoms. The summed E-state index contributed by atoms with van der Waals surface area (Å²) in [6.45, 7) is 0.895. The summed E-state index contributed by atoms with van der Waals surface area (Å²) >= 11 is 0. The normalized spacial score (nSPS) is 10.5. The molecule has 0 aliphatic carbocycles. The first-order valence-electron chi connectivity index (χ1n) is 8.40. The van der Waals surface area contributed by atoms with E-state index in [1.54, 1.807) is 0 Å². The largest absolute Gasteiger partial charge is 0.481 e. The second-order valence-electron chi connectivity index (χ2n) is 6.09. The molecule has 0 saturated heterocycles. The molecule has 144 valence electrons. The number of carboxylic acids is 2. The Balaban J connectivity index is 4.34. The van der Waals surface area contributed by atoms with E-state index in [1.807, 2.05) is 19.0 Å². The Kier molecular flexibility index (Phi) is 12.0. The van der Waals surface area contributed by atoms with Crippen molar-refractivity contribution in [3.63, 3.8) is 0 Å². The molecule has 0 aliphatic heterocycles. The molecule has 0 aliphatic rings. The van der Waals surface area contributed by atoms with Crippen LogP contribution < -0.4 is 5.43 Å². The molecular formula is C16H29N3O6. The highest BCUT2D eigenvalue weighted by Gasteiger charge is 2.16. The van der Waals surface area contributed by atoms with E-state index >= 15 is 0 Å². The maximum atomic E-state index is 12.2. The number of nitrogens with zero attached hydrogens (tertiary/aromatic N) is 2. The van der Waals surface area contributed by atoms with Gasteiger partial charge in [0.25, 0.3) is 0 Å². The summed E-state index contributed by atoms with van der Waals surface area (Å²) in [6, 6.07) is 0. The molecule has 0 aromatic heterocycles. The van der Waals surface area contributed by atoms with Gasteiger partial charge in [0.1, 0.15) is 0 Å². The first-order chi connectivity index (χ1) is 11.7. The first kappa shape index (κ1) is 22.8. The molecule has 0 fully saturated rings. The zero-order valence-electron chi connectivity index (χ0n) is 15.0. The molecule has 0 bridgehead atoms. The molecule has 0 aromatic rings. The minimum atomic E-state index is -0.899. The van der Waals surface area contributed by atoms with Crippen molar-refractivity contribution in [1.29, 1.82) is 0 Å². The zero-order chi connectivity index (χ0) is 19.2. The summed E-state index contributed by atoms with van der Waals surface area (Å²) in [7, 11) is 3.70. The summed E-state index contributed by atoms with van der Waals surface area (Å²) < 4.78 is 0. The molecular weight excluding hydrogens is 330 g/mol. The number of likely N-dealkylation sites (N-methyl/N-ethyl adjacent to an activating group) is 1. The molecule has 25 heavy (non-hydrogen) atoms. The number of carbonyl (C=O) groups excluding carboxylic acids is 2. The maximum absolute atomic E-state index is 12.2. The predicted octanol–water partition coefficient (Wildman–Crippen LogP) is 0.698. The van der Waals surface area contributed by atoms with Crippen molar-refractivity contribution in [1.82, 2.24) is 15.3 Å². The van der Waals surface area contributed by atoms with Crippen LogP contribution in [-0.4, -0.2) is 71.1 Å². The lowest BCUT2D eigenvalue weighted by Crippen LogP contribution is -2.48. The van der Waals surface area contributed by atoms with Gasteiger partial charge in [-0.1, -0.05) is 0 Å². The van der Waals surface area contributed by atoms with E-state index < -0.39 is 11.9 Å². The van der Waals surface area contributed by atoms with Crippen LogP contribution in [0.5, 0.6) is 0 Å². The number of carboxylic acid groups (broad SMARTS) is 2. The van der Waals surface area contributed by atoms with Crippen molar-refractivity contribution in [2.45, 2.75) is 51.4 Å². The van der Waals surface area contributed by atoms with Crippen LogP contribution in [-0.2, 0) is 19.2 Å². The number of amides is 2. The van der Waals surface area contributed by atoms with E-state index in [0.717, 1.165) is 0 Å². The van der Waals surface area contributed by atoms with Crippen LogP contribution in [0.25, 0.3) is 0 Å². The van der Waals surface area contributed by atoms with E-state index in [9.17, 15) is 19.2 Å². The van der Waals surface area contributed by atoms with Gasteiger partial charge in [-0.3, -0.25) is 29.6 Å². The van der Waals surface area contributed by atoms with Gasteiger partial charge in [0.2, 0.25) is 11.8 Å². The van der Waals surface area contributed by atoms with E-state index in [1.165, 1.54) is 5.01 Å². The van der Waals surface area contributed by atoms with Gasteiger partial charge in [-0.2, -0.15) is 0 Å². The van der Waals surface area contributed by atoms with Gasteiger partial charge in [0.15, 0.2) is 0 Å². The monoisotopic (exact) mass is 359 g/mol. The van der Waals surface area contributed by atoms with Gasteiger partial charge < -0.3 is 15.1 Å². The lowest BCUT2D eigenvalue weighted by atomic mass is 10.2. The summed E-state index contributed by atoms with van der Waals surface area (Å²) in [5.74, 6) is -2.38. The molecule has 0 atom stereocenters. The Morgan fingerprint density at radius 2 is 1.24 bits per heavy atom. The summed E-state index contributed by atoms with van der Waals surface area (Å²) in [6.07, 6.45) is 2.04. The summed E-state index contributed by atoms with van der Waals surface area (Å²) in [5, 5.41) is 18.4. The Hall–Kier alpha value is -2.16. The minimum absolute atomic E-state index is 0.0140. The van der Waals surface area contributed by atoms with Gasteiger partial charge in [0.05, 0.1) is 6.54 Å². The molecule has 9 nitrogen and oxygen atoms in total. The van der Waals surface area contributed by atoms with Crippen molar-refractivity contribution in [2.75, 3.05) is 27.2 Å². The second-order valence-corrected chi connectivity index (χ2v) is 6.09. The highest BCUT2D eigenvalue weighted by molar-refractivity contribution is 5.82. The second kappa shape index (κ2) is 13.2. The van der Waals surface area contributed by atoms with Gasteiger partial charge in [-0.15, -0.1) is 0 Å². The zero-order valence-corrected chi connectivity index (χ0v) is 15.0. The Morgan fingerprint density at radius 3 is 1.72 bits per heavy atom. The molecule has 9 heteroatoms. The number of hydrogen-bond donors (Lipinski definition) is 3. The van der Waals surface area contributed by atoms with Crippen LogP contribution in [0.1, 0.15) is 51.4 Å². The fourth-order valence-electron chi connectivity index (χ4n) is 2.00.